The topological polar surface area (TPSA) is 115 Å². The molecule has 8 heteroatoms. The highest BCUT2D eigenvalue weighted by Gasteiger charge is 2.58. The minimum atomic E-state index is -1.46. The van der Waals surface area contributed by atoms with Gasteiger partial charge in [0.2, 0.25) is 5.79 Å². The van der Waals surface area contributed by atoms with E-state index in [0.29, 0.717) is 38.5 Å². The van der Waals surface area contributed by atoms with Crippen molar-refractivity contribution in [1.29, 1.82) is 0 Å². The van der Waals surface area contributed by atoms with Crippen molar-refractivity contribution in [3.8, 4) is 0 Å². The molecule has 220 valence electrons. The van der Waals surface area contributed by atoms with Gasteiger partial charge in [-0.3, -0.25) is 4.79 Å². The van der Waals surface area contributed by atoms with E-state index < -0.39 is 47.1 Å². The molecule has 0 amide bonds. The van der Waals surface area contributed by atoms with Gasteiger partial charge >= 0.3 is 0 Å². The number of rotatable bonds is 7. The van der Waals surface area contributed by atoms with Gasteiger partial charge in [-0.2, -0.15) is 4.89 Å². The lowest BCUT2D eigenvalue weighted by molar-refractivity contribution is -0.469. The van der Waals surface area contributed by atoms with E-state index in [1.165, 1.54) is 0 Å². The van der Waals surface area contributed by atoms with Crippen molar-refractivity contribution in [2.45, 2.75) is 148 Å². The molecule has 0 bridgehead atoms. The van der Waals surface area contributed by atoms with Gasteiger partial charge < -0.3 is 24.8 Å². The van der Waals surface area contributed by atoms with Crippen LogP contribution in [0.1, 0.15) is 100 Å². The van der Waals surface area contributed by atoms with E-state index in [-0.39, 0.29) is 29.8 Å². The lowest BCUT2D eigenvalue weighted by Crippen LogP contribution is -2.56. The third-order valence-electron chi connectivity index (χ3n) is 9.69. The molecule has 3 N–H and O–H groups in total. The second-order valence-electron chi connectivity index (χ2n) is 12.6. The number of hydrogen-bond acceptors (Lipinski definition) is 8. The van der Waals surface area contributed by atoms with E-state index in [1.54, 1.807) is 19.9 Å². The zero-order valence-electron chi connectivity index (χ0n) is 24.7. The molecule has 0 aliphatic carbocycles. The van der Waals surface area contributed by atoms with Crippen molar-refractivity contribution in [2.75, 3.05) is 0 Å². The minimum Gasteiger partial charge on any atom is -0.393 e. The second kappa shape index (κ2) is 12.3. The molecule has 3 rings (SSSR count). The Balaban J connectivity index is 1.87. The van der Waals surface area contributed by atoms with Gasteiger partial charge in [0.25, 0.3) is 0 Å². The third kappa shape index (κ3) is 6.37. The van der Waals surface area contributed by atoms with Gasteiger partial charge in [0.05, 0.1) is 29.5 Å². The average Bonchev–Trinajstić information content (AvgIpc) is 3.23. The van der Waals surface area contributed by atoms with Crippen molar-refractivity contribution in [2.24, 2.45) is 23.7 Å². The molecule has 2 fully saturated rings. The first-order valence-corrected chi connectivity index (χ1v) is 14.7. The normalized spacial score (nSPS) is 45.9. The molecule has 0 aromatic heterocycles. The average molecular weight is 541 g/mol. The van der Waals surface area contributed by atoms with Crippen molar-refractivity contribution in [3.05, 3.63) is 12.2 Å². The van der Waals surface area contributed by atoms with E-state index >= 15 is 0 Å². The van der Waals surface area contributed by atoms with Crippen molar-refractivity contribution in [3.63, 3.8) is 0 Å². The SMILES string of the molecule is CC[C@@H](C(=O)[C@@H](C)[C@H](C)O)[C@H]1OO[C@@]2(CC[C@@](C)([C@H]3CC[C@](O)(CC)[C@H](C)O3)O2)[C@H](O)/C=C\[C@H](C)C[C@@H]1C. The monoisotopic (exact) mass is 540 g/mol. The fourth-order valence-electron chi connectivity index (χ4n) is 6.51. The molecule has 2 saturated heterocycles. The number of ketones is 1. The van der Waals surface area contributed by atoms with Crippen LogP contribution in [-0.4, -0.2) is 68.6 Å². The number of aliphatic hydroxyl groups excluding tert-OH is 2. The second-order valence-corrected chi connectivity index (χ2v) is 12.6. The fraction of sp³-hybridized carbons (Fsp3) is 0.900. The summed E-state index contributed by atoms with van der Waals surface area (Å²) in [6.07, 6.45) is 4.81. The van der Waals surface area contributed by atoms with E-state index in [9.17, 15) is 20.1 Å². The predicted octanol–water partition coefficient (Wildman–Crippen LogP) is 4.48. The van der Waals surface area contributed by atoms with Gasteiger partial charge in [-0.25, -0.2) is 4.89 Å². The highest BCUT2D eigenvalue weighted by atomic mass is 17.2. The molecule has 8 nitrogen and oxygen atoms in total. The Morgan fingerprint density at radius 3 is 2.37 bits per heavy atom. The smallest absolute Gasteiger partial charge is 0.232 e. The fourth-order valence-corrected chi connectivity index (χ4v) is 6.51. The maximum absolute atomic E-state index is 13.4. The lowest BCUT2D eigenvalue weighted by Gasteiger charge is -2.46. The molecule has 0 aromatic carbocycles. The summed E-state index contributed by atoms with van der Waals surface area (Å²) in [7, 11) is 0. The van der Waals surface area contributed by atoms with Crippen molar-refractivity contribution >= 4 is 5.78 Å². The molecule has 3 aliphatic heterocycles. The summed E-state index contributed by atoms with van der Waals surface area (Å²) in [6.45, 7) is 15.3. The molecule has 3 aliphatic rings. The zero-order valence-corrected chi connectivity index (χ0v) is 24.7. The minimum absolute atomic E-state index is 0.0147. The van der Waals surface area contributed by atoms with Gasteiger partial charge in [-0.05, 0) is 71.1 Å². The largest absolute Gasteiger partial charge is 0.393 e. The van der Waals surface area contributed by atoms with Crippen LogP contribution in [-0.2, 0) is 24.0 Å². The maximum atomic E-state index is 13.4. The molecule has 1 spiro atoms. The summed E-state index contributed by atoms with van der Waals surface area (Å²) in [6, 6.07) is 0. The van der Waals surface area contributed by atoms with E-state index in [4.69, 9.17) is 19.2 Å². The Hall–Kier alpha value is -0.870. The molecular formula is C30H52O8. The lowest BCUT2D eigenvalue weighted by atomic mass is 9.79. The summed E-state index contributed by atoms with van der Waals surface area (Å²) >= 11 is 0. The molecule has 0 aromatic rings. The van der Waals surface area contributed by atoms with E-state index in [1.807, 2.05) is 33.8 Å². The van der Waals surface area contributed by atoms with Crippen LogP contribution in [0.3, 0.4) is 0 Å². The van der Waals surface area contributed by atoms with Crippen LogP contribution >= 0.6 is 0 Å². The van der Waals surface area contributed by atoms with Gasteiger partial charge in [0, 0.05) is 18.3 Å². The number of Topliss-reactive ketones (excluding diaryl/α,β-unsaturated/α-hetero) is 1. The third-order valence-corrected chi connectivity index (χ3v) is 9.69. The molecular weight excluding hydrogens is 488 g/mol. The zero-order chi connectivity index (χ0) is 28.5. The van der Waals surface area contributed by atoms with Crippen LogP contribution in [0.5, 0.6) is 0 Å². The standard InChI is InChI=1S/C30H52O8/c1-9-23(26(33)20(5)21(6)31)27-19(4)17-18(3)11-12-24(32)30(38-36-27)16-15-28(8,37-30)25-13-14-29(34,10-2)22(7)35-25/h11-12,18-25,27,31-32,34H,9-10,13-17H2,1-8H3/b12-11-/t18-,19-,20-,21-,22-,23-,24+,25+,27-,28-,29+,30-/m0/s1. The highest BCUT2D eigenvalue weighted by Crippen LogP contribution is 2.48. The van der Waals surface area contributed by atoms with Crippen molar-refractivity contribution in [1.82, 2.24) is 0 Å². The van der Waals surface area contributed by atoms with Gasteiger partial charge in [0.15, 0.2) is 0 Å². The Bertz CT molecular complexity index is 831. The first kappa shape index (κ1) is 31.7. The summed E-state index contributed by atoms with van der Waals surface area (Å²) in [5, 5.41) is 32.3. The number of carbonyl (C=O) groups excluding carboxylic acids is 1. The predicted molar refractivity (Wildman–Crippen MR) is 144 cm³/mol. The van der Waals surface area contributed by atoms with Crippen LogP contribution < -0.4 is 0 Å². The van der Waals surface area contributed by atoms with E-state index in [0.717, 1.165) is 6.42 Å². The maximum Gasteiger partial charge on any atom is 0.232 e. The Labute approximate surface area is 229 Å². The number of allylic oxidation sites excluding steroid dienone is 1. The number of carbonyl (C=O) groups is 1. The first-order valence-electron chi connectivity index (χ1n) is 14.7. The van der Waals surface area contributed by atoms with Gasteiger partial charge in [0.1, 0.15) is 18.0 Å². The summed E-state index contributed by atoms with van der Waals surface area (Å²) in [5.74, 6) is -2.38. The summed E-state index contributed by atoms with van der Waals surface area (Å²) in [5.41, 5.74) is -1.61. The number of aliphatic hydroxyl groups is 3. The molecule has 12 atom stereocenters. The molecule has 0 saturated carbocycles. The molecule has 0 radical (unpaired) electrons. The van der Waals surface area contributed by atoms with Gasteiger partial charge in [-0.15, -0.1) is 0 Å². The van der Waals surface area contributed by atoms with Crippen molar-refractivity contribution < 1.29 is 39.4 Å². The summed E-state index contributed by atoms with van der Waals surface area (Å²) in [4.78, 5) is 25.6. The Morgan fingerprint density at radius 1 is 1.11 bits per heavy atom. The Morgan fingerprint density at radius 2 is 1.79 bits per heavy atom. The Kier molecular flexibility index (Phi) is 10.3. The first-order chi connectivity index (χ1) is 17.7. The highest BCUT2D eigenvalue weighted by molar-refractivity contribution is 5.84. The van der Waals surface area contributed by atoms with E-state index in [2.05, 4.69) is 13.8 Å². The molecule has 3 heterocycles. The summed E-state index contributed by atoms with van der Waals surface area (Å²) < 4.78 is 12.9. The molecule has 0 unspecified atom stereocenters. The quantitative estimate of drug-likeness (QED) is 0.320. The number of hydrogen-bond donors (Lipinski definition) is 3. The van der Waals surface area contributed by atoms with Crippen LogP contribution in [0.2, 0.25) is 0 Å². The van der Waals surface area contributed by atoms with Crippen LogP contribution in [0.15, 0.2) is 12.2 Å². The van der Waals surface area contributed by atoms with Crippen LogP contribution in [0.4, 0.5) is 0 Å². The number of ether oxygens (including phenoxy) is 2. The molecule has 38 heavy (non-hydrogen) atoms. The van der Waals surface area contributed by atoms with Crippen LogP contribution in [0.25, 0.3) is 0 Å². The van der Waals surface area contributed by atoms with Crippen LogP contribution in [0, 0.1) is 23.7 Å². The van der Waals surface area contributed by atoms with Gasteiger partial charge in [-0.1, -0.05) is 46.8 Å².